The first-order chi connectivity index (χ1) is 13.7. The lowest BCUT2D eigenvalue weighted by Gasteiger charge is -2.09. The van der Waals surface area contributed by atoms with E-state index in [2.05, 4.69) is 20.3 Å². The third-order valence-electron chi connectivity index (χ3n) is 3.92. The number of carbonyl (C=O) groups excluding carboxylic acids is 1. The van der Waals surface area contributed by atoms with Crippen molar-refractivity contribution in [2.24, 2.45) is 0 Å². The van der Waals surface area contributed by atoms with Gasteiger partial charge >= 0.3 is 6.03 Å². The van der Waals surface area contributed by atoms with Crippen LogP contribution in [0.2, 0.25) is 0 Å². The van der Waals surface area contributed by atoms with Crippen LogP contribution >= 0.6 is 11.9 Å². The molecule has 0 aliphatic carbocycles. The Kier molecular flexibility index (Phi) is 7.29. The van der Waals surface area contributed by atoms with Gasteiger partial charge in [0.2, 0.25) is 0 Å². The number of nitrogens with zero attached hydrogens (tertiary/aromatic N) is 1. The number of amides is 2. The molecule has 6 nitrogen and oxygen atoms in total. The number of methoxy groups -OCH3 is 1. The molecule has 0 spiro atoms. The van der Waals surface area contributed by atoms with Crippen LogP contribution in [0.25, 0.3) is 0 Å². The van der Waals surface area contributed by atoms with E-state index in [1.54, 1.807) is 19.5 Å². The van der Waals surface area contributed by atoms with Crippen molar-refractivity contribution >= 4 is 23.7 Å². The second kappa shape index (κ2) is 10.3. The van der Waals surface area contributed by atoms with Gasteiger partial charge in [-0.15, -0.1) is 0 Å². The lowest BCUT2D eigenvalue weighted by Crippen LogP contribution is -2.28. The fourth-order valence-corrected chi connectivity index (χ4v) is 3.13. The number of rotatable bonds is 8. The van der Waals surface area contributed by atoms with E-state index in [4.69, 9.17) is 4.74 Å². The number of aromatic nitrogens is 1. The maximum Gasteiger partial charge on any atom is 0.319 e. The molecule has 1 aromatic heterocycles. The molecule has 0 aliphatic heterocycles. The van der Waals surface area contributed by atoms with E-state index in [-0.39, 0.29) is 6.03 Å². The predicted octanol–water partition coefficient (Wildman–Crippen LogP) is 4.21. The summed E-state index contributed by atoms with van der Waals surface area (Å²) in [4.78, 5) is 17.0. The number of hydrogen-bond donors (Lipinski definition) is 3. The van der Waals surface area contributed by atoms with Crippen molar-refractivity contribution in [2.45, 2.75) is 18.0 Å². The summed E-state index contributed by atoms with van der Waals surface area (Å²) < 4.78 is 8.55. The maximum atomic E-state index is 12.0. The summed E-state index contributed by atoms with van der Waals surface area (Å²) >= 11 is 1.54. The molecule has 28 heavy (non-hydrogen) atoms. The van der Waals surface area contributed by atoms with E-state index in [1.807, 2.05) is 60.7 Å². The smallest absolute Gasteiger partial charge is 0.319 e. The summed E-state index contributed by atoms with van der Waals surface area (Å²) in [5, 5.41) is 5.64. The lowest BCUT2D eigenvalue weighted by atomic mass is 10.2. The molecule has 0 atom stereocenters. The minimum Gasteiger partial charge on any atom is -0.497 e. The second-order valence-electron chi connectivity index (χ2n) is 5.96. The number of nitrogens with one attached hydrogen (secondary N) is 3. The summed E-state index contributed by atoms with van der Waals surface area (Å²) in [7, 11) is 1.66. The number of hydrogen-bond acceptors (Lipinski definition) is 5. The highest BCUT2D eigenvalue weighted by molar-refractivity contribution is 7.97. The summed E-state index contributed by atoms with van der Waals surface area (Å²) in [6.07, 6.45) is 3.40. The zero-order chi connectivity index (χ0) is 19.6. The molecule has 7 heteroatoms. The molecule has 0 radical (unpaired) electrons. The summed E-state index contributed by atoms with van der Waals surface area (Å²) in [6.45, 7) is 1.18. The number of ether oxygens (including phenoxy) is 1. The first-order valence-electron chi connectivity index (χ1n) is 8.79. The van der Waals surface area contributed by atoms with Crippen molar-refractivity contribution < 1.29 is 9.53 Å². The second-order valence-corrected chi connectivity index (χ2v) is 6.93. The quantitative estimate of drug-likeness (QED) is 0.499. The van der Waals surface area contributed by atoms with Gasteiger partial charge in [-0.2, -0.15) is 0 Å². The first kappa shape index (κ1) is 19.7. The van der Waals surface area contributed by atoms with E-state index in [0.29, 0.717) is 6.54 Å². The minimum absolute atomic E-state index is 0.242. The monoisotopic (exact) mass is 394 g/mol. The Morgan fingerprint density at radius 3 is 2.54 bits per heavy atom. The van der Waals surface area contributed by atoms with Crippen LogP contribution in [-0.4, -0.2) is 18.1 Å². The molecule has 0 aliphatic rings. The van der Waals surface area contributed by atoms with E-state index >= 15 is 0 Å². The molecule has 1 heterocycles. The third kappa shape index (κ3) is 6.29. The van der Waals surface area contributed by atoms with Gasteiger partial charge in [-0.25, -0.2) is 4.79 Å². The Morgan fingerprint density at radius 1 is 1.00 bits per heavy atom. The number of pyridine rings is 1. The van der Waals surface area contributed by atoms with Gasteiger partial charge in [-0.3, -0.25) is 9.71 Å². The molecular formula is C21H22N4O2S. The Labute approximate surface area is 168 Å². The third-order valence-corrected chi connectivity index (χ3v) is 4.71. The Balaban J connectivity index is 1.42. The number of carbonyl (C=O) groups is 1. The van der Waals surface area contributed by atoms with E-state index in [1.165, 1.54) is 11.9 Å². The Morgan fingerprint density at radius 2 is 1.79 bits per heavy atom. The van der Waals surface area contributed by atoms with Gasteiger partial charge in [0.05, 0.1) is 7.11 Å². The molecule has 0 saturated heterocycles. The number of urea groups is 1. The van der Waals surface area contributed by atoms with Gasteiger partial charge in [0.1, 0.15) is 5.75 Å². The summed E-state index contributed by atoms with van der Waals surface area (Å²) in [6, 6.07) is 19.1. The highest BCUT2D eigenvalue weighted by Gasteiger charge is 2.03. The predicted molar refractivity (Wildman–Crippen MR) is 112 cm³/mol. The normalized spacial score (nSPS) is 10.3. The fraction of sp³-hybridized carbons (Fsp3) is 0.143. The van der Waals surface area contributed by atoms with Crippen molar-refractivity contribution in [3.63, 3.8) is 0 Å². The minimum atomic E-state index is -0.242. The summed E-state index contributed by atoms with van der Waals surface area (Å²) in [5.74, 6) is 0.849. The van der Waals surface area contributed by atoms with Gasteiger partial charge in [0, 0.05) is 36.1 Å². The molecule has 3 rings (SSSR count). The van der Waals surface area contributed by atoms with E-state index in [9.17, 15) is 4.79 Å². The molecule has 2 aromatic carbocycles. The van der Waals surface area contributed by atoms with Crippen molar-refractivity contribution in [2.75, 3.05) is 12.4 Å². The Hall–Kier alpha value is -3.03. The zero-order valence-corrected chi connectivity index (χ0v) is 16.3. The highest BCUT2D eigenvalue weighted by Crippen LogP contribution is 2.19. The Bertz CT molecular complexity index is 888. The molecule has 3 N–H and O–H groups in total. The van der Waals surface area contributed by atoms with Crippen molar-refractivity contribution in [3.8, 4) is 5.75 Å². The van der Waals surface area contributed by atoms with Crippen molar-refractivity contribution in [1.29, 1.82) is 0 Å². The van der Waals surface area contributed by atoms with Crippen LogP contribution in [0.5, 0.6) is 5.75 Å². The molecule has 0 fully saturated rings. The van der Waals surface area contributed by atoms with Crippen LogP contribution in [0.4, 0.5) is 10.5 Å². The average Bonchev–Trinajstić information content (AvgIpc) is 2.74. The molecular weight excluding hydrogens is 372 g/mol. The summed E-state index contributed by atoms with van der Waals surface area (Å²) in [5.41, 5.74) is 2.89. The van der Waals surface area contributed by atoms with Crippen LogP contribution < -0.4 is 20.1 Å². The van der Waals surface area contributed by atoms with E-state index in [0.717, 1.165) is 34.0 Å². The molecule has 0 bridgehead atoms. The van der Waals surface area contributed by atoms with Crippen molar-refractivity contribution in [3.05, 3.63) is 84.2 Å². The van der Waals surface area contributed by atoms with Gasteiger partial charge in [-0.1, -0.05) is 12.1 Å². The standard InChI is InChI=1S/C21H22N4O2S/c1-27-19-4-2-3-17(13-19)15-24-28-20-7-5-18(6-8-20)25-21(26)23-14-16-9-11-22-12-10-16/h2-13,24H,14-15H2,1H3,(H2,23,25,26). The fourth-order valence-electron chi connectivity index (χ4n) is 2.45. The topological polar surface area (TPSA) is 75.3 Å². The van der Waals surface area contributed by atoms with Gasteiger partial charge in [-0.05, 0) is 71.6 Å². The number of benzene rings is 2. The molecule has 0 saturated carbocycles. The SMILES string of the molecule is COc1cccc(CNSc2ccc(NC(=O)NCc3ccncc3)cc2)c1. The molecule has 144 valence electrons. The van der Waals surface area contributed by atoms with Crippen LogP contribution in [0.15, 0.2) is 78.0 Å². The van der Waals surface area contributed by atoms with Crippen LogP contribution in [-0.2, 0) is 13.1 Å². The van der Waals surface area contributed by atoms with Crippen LogP contribution in [0.3, 0.4) is 0 Å². The van der Waals surface area contributed by atoms with Gasteiger partial charge < -0.3 is 15.4 Å². The van der Waals surface area contributed by atoms with Crippen LogP contribution in [0, 0.1) is 0 Å². The van der Waals surface area contributed by atoms with Crippen molar-refractivity contribution in [1.82, 2.24) is 15.0 Å². The lowest BCUT2D eigenvalue weighted by molar-refractivity contribution is 0.251. The van der Waals surface area contributed by atoms with Gasteiger partial charge in [0.15, 0.2) is 0 Å². The van der Waals surface area contributed by atoms with E-state index < -0.39 is 0 Å². The van der Waals surface area contributed by atoms with Gasteiger partial charge in [0.25, 0.3) is 0 Å². The average molecular weight is 395 g/mol. The molecule has 3 aromatic rings. The molecule has 0 unspecified atom stereocenters. The zero-order valence-electron chi connectivity index (χ0n) is 15.5. The largest absolute Gasteiger partial charge is 0.497 e. The van der Waals surface area contributed by atoms with Crippen LogP contribution in [0.1, 0.15) is 11.1 Å². The maximum absolute atomic E-state index is 12.0. The number of anilines is 1. The molecule has 2 amide bonds. The highest BCUT2D eigenvalue weighted by atomic mass is 32.2. The first-order valence-corrected chi connectivity index (χ1v) is 9.61.